The summed E-state index contributed by atoms with van der Waals surface area (Å²) in [4.78, 5) is 0.387. The fraction of sp³-hybridized carbons (Fsp3) is 0.583. The molecule has 1 saturated heterocycles. The van der Waals surface area contributed by atoms with Gasteiger partial charge in [0, 0.05) is 6.04 Å². The summed E-state index contributed by atoms with van der Waals surface area (Å²) in [5.74, 6) is 3.12. The largest absolute Gasteiger partial charge is 0.389 e. The Morgan fingerprint density at radius 1 is 1.33 bits per heavy atom. The van der Waals surface area contributed by atoms with Gasteiger partial charge in [-0.3, -0.25) is 0 Å². The highest BCUT2D eigenvalue weighted by Crippen LogP contribution is 2.23. The van der Waals surface area contributed by atoms with E-state index < -0.39 is 0 Å². The number of nitrogens with two attached hydrogens (primary N) is 1. The smallest absolute Gasteiger partial charge is 0.159 e. The Hall–Kier alpha value is -0.880. The molecule has 0 spiro atoms. The van der Waals surface area contributed by atoms with E-state index in [0.29, 0.717) is 11.0 Å². The number of nitrogens with one attached hydrogen (secondary N) is 1. The summed E-state index contributed by atoms with van der Waals surface area (Å²) >= 11 is 7.13. The molecule has 0 atom stereocenters. The molecular weight excluding hydrogens is 264 g/mol. The molecule has 6 heteroatoms. The van der Waals surface area contributed by atoms with E-state index in [2.05, 4.69) is 15.5 Å². The zero-order valence-electron chi connectivity index (χ0n) is 10.7. The van der Waals surface area contributed by atoms with E-state index >= 15 is 0 Å². The maximum absolute atomic E-state index is 5.81. The first kappa shape index (κ1) is 13.5. The Balaban J connectivity index is 2.26. The standard InChI is InChI=1S/C12H18N4S2/c1-7-8(2)15-16-12(10(7)11(13)17)14-9-3-5-18-6-4-9/h9H,3-6H2,1-2H3,(H2,13,17)(H,14,16). The van der Waals surface area contributed by atoms with Crippen LogP contribution < -0.4 is 11.1 Å². The molecule has 1 aromatic heterocycles. The van der Waals surface area contributed by atoms with Gasteiger partial charge in [0.2, 0.25) is 0 Å². The van der Waals surface area contributed by atoms with Crippen molar-refractivity contribution in [3.8, 4) is 0 Å². The van der Waals surface area contributed by atoms with Crippen LogP contribution in [-0.4, -0.2) is 32.7 Å². The van der Waals surface area contributed by atoms with E-state index in [1.807, 2.05) is 25.6 Å². The van der Waals surface area contributed by atoms with Gasteiger partial charge < -0.3 is 11.1 Å². The first-order chi connectivity index (χ1) is 8.59. The summed E-state index contributed by atoms with van der Waals surface area (Å²) in [6, 6.07) is 0.454. The Bertz CT molecular complexity index is 456. The number of aromatic nitrogens is 2. The molecule has 0 aliphatic carbocycles. The van der Waals surface area contributed by atoms with Gasteiger partial charge in [0.25, 0.3) is 0 Å². The average molecular weight is 282 g/mol. The number of rotatable bonds is 3. The van der Waals surface area contributed by atoms with E-state index in [9.17, 15) is 0 Å². The molecule has 0 amide bonds. The summed E-state index contributed by atoms with van der Waals surface area (Å²) in [5.41, 5.74) is 8.55. The Morgan fingerprint density at radius 2 is 2.00 bits per heavy atom. The van der Waals surface area contributed by atoms with Gasteiger partial charge in [-0.25, -0.2) is 0 Å². The molecule has 98 valence electrons. The second-order valence-corrected chi connectivity index (χ2v) is 6.19. The molecule has 2 heterocycles. The molecule has 0 saturated carbocycles. The molecule has 3 N–H and O–H groups in total. The third-order valence-electron chi connectivity index (χ3n) is 3.26. The molecule has 1 fully saturated rings. The van der Waals surface area contributed by atoms with Gasteiger partial charge in [-0.15, -0.1) is 5.10 Å². The van der Waals surface area contributed by atoms with Gasteiger partial charge in [0.1, 0.15) is 4.99 Å². The topological polar surface area (TPSA) is 63.8 Å². The second kappa shape index (κ2) is 5.84. The van der Waals surface area contributed by atoms with Gasteiger partial charge in [0.05, 0.1) is 11.3 Å². The quantitative estimate of drug-likeness (QED) is 0.827. The summed E-state index contributed by atoms with van der Waals surface area (Å²) in [5, 5.41) is 11.8. The van der Waals surface area contributed by atoms with Crippen LogP contribution in [0.2, 0.25) is 0 Å². The van der Waals surface area contributed by atoms with Crippen molar-refractivity contribution in [2.75, 3.05) is 16.8 Å². The predicted octanol–water partition coefficient (Wildman–Crippen LogP) is 2.04. The number of thioether (sulfide) groups is 1. The summed E-state index contributed by atoms with van der Waals surface area (Å²) in [6.45, 7) is 3.91. The SMILES string of the molecule is Cc1nnc(NC2CCSCC2)c(C(N)=S)c1C. The Labute approximate surface area is 117 Å². The van der Waals surface area contributed by atoms with Gasteiger partial charge in [-0.2, -0.15) is 16.9 Å². The molecule has 18 heavy (non-hydrogen) atoms. The van der Waals surface area contributed by atoms with E-state index in [4.69, 9.17) is 18.0 Å². The van der Waals surface area contributed by atoms with Gasteiger partial charge in [0.15, 0.2) is 5.82 Å². The molecule has 0 radical (unpaired) electrons. The molecule has 0 bridgehead atoms. The van der Waals surface area contributed by atoms with Crippen LogP contribution in [0.5, 0.6) is 0 Å². The fourth-order valence-corrected chi connectivity index (χ4v) is 3.40. The van der Waals surface area contributed by atoms with E-state index in [1.54, 1.807) is 0 Å². The lowest BCUT2D eigenvalue weighted by Gasteiger charge is -2.24. The Morgan fingerprint density at radius 3 is 2.61 bits per heavy atom. The first-order valence-electron chi connectivity index (χ1n) is 6.07. The maximum atomic E-state index is 5.81. The third kappa shape index (κ3) is 2.92. The van der Waals surface area contributed by atoms with Crippen molar-refractivity contribution in [1.29, 1.82) is 0 Å². The van der Waals surface area contributed by atoms with Crippen molar-refractivity contribution < 1.29 is 0 Å². The second-order valence-electron chi connectivity index (χ2n) is 4.53. The lowest BCUT2D eigenvalue weighted by molar-refractivity contribution is 0.661. The monoisotopic (exact) mass is 282 g/mol. The summed E-state index contributed by atoms with van der Waals surface area (Å²) in [7, 11) is 0. The molecule has 1 aromatic rings. The van der Waals surface area contributed by atoms with Crippen LogP contribution in [0.1, 0.15) is 29.7 Å². The van der Waals surface area contributed by atoms with Crippen LogP contribution in [-0.2, 0) is 0 Å². The predicted molar refractivity (Wildman–Crippen MR) is 81.4 cm³/mol. The molecule has 1 aliphatic rings. The van der Waals surface area contributed by atoms with Crippen LogP contribution in [0.25, 0.3) is 0 Å². The van der Waals surface area contributed by atoms with Crippen LogP contribution in [0.4, 0.5) is 5.82 Å². The van der Waals surface area contributed by atoms with Crippen molar-refractivity contribution in [1.82, 2.24) is 10.2 Å². The van der Waals surface area contributed by atoms with E-state index in [-0.39, 0.29) is 0 Å². The van der Waals surface area contributed by atoms with Crippen molar-refractivity contribution in [2.24, 2.45) is 5.73 Å². The number of hydrogen-bond acceptors (Lipinski definition) is 5. The van der Waals surface area contributed by atoms with Crippen molar-refractivity contribution >= 4 is 34.8 Å². The molecular formula is C12H18N4S2. The lowest BCUT2D eigenvalue weighted by atomic mass is 10.1. The third-order valence-corrected chi connectivity index (χ3v) is 4.52. The highest BCUT2D eigenvalue weighted by Gasteiger charge is 2.18. The van der Waals surface area contributed by atoms with Crippen LogP contribution in [0, 0.1) is 13.8 Å². The number of thiocarbonyl (C=S) groups is 1. The van der Waals surface area contributed by atoms with Crippen LogP contribution >= 0.6 is 24.0 Å². The molecule has 0 unspecified atom stereocenters. The number of hydrogen-bond donors (Lipinski definition) is 2. The maximum Gasteiger partial charge on any atom is 0.159 e. The van der Waals surface area contributed by atoms with E-state index in [0.717, 1.165) is 35.5 Å². The zero-order chi connectivity index (χ0) is 13.1. The van der Waals surface area contributed by atoms with Gasteiger partial charge in [-0.05, 0) is 43.8 Å². The lowest BCUT2D eigenvalue weighted by Crippen LogP contribution is -2.27. The first-order valence-corrected chi connectivity index (χ1v) is 7.64. The highest BCUT2D eigenvalue weighted by molar-refractivity contribution is 7.99. The van der Waals surface area contributed by atoms with Crippen molar-refractivity contribution in [3.63, 3.8) is 0 Å². The van der Waals surface area contributed by atoms with Gasteiger partial charge >= 0.3 is 0 Å². The molecule has 2 rings (SSSR count). The summed E-state index contributed by atoms with van der Waals surface area (Å²) in [6.07, 6.45) is 2.30. The number of aryl methyl sites for hydroxylation is 1. The zero-order valence-corrected chi connectivity index (χ0v) is 12.3. The van der Waals surface area contributed by atoms with Crippen LogP contribution in [0.3, 0.4) is 0 Å². The molecule has 0 aromatic carbocycles. The minimum absolute atomic E-state index is 0.387. The summed E-state index contributed by atoms with van der Waals surface area (Å²) < 4.78 is 0. The number of nitrogens with zero attached hydrogens (tertiary/aromatic N) is 2. The fourth-order valence-electron chi connectivity index (χ4n) is 2.05. The molecule has 1 aliphatic heterocycles. The average Bonchev–Trinajstić information content (AvgIpc) is 2.35. The minimum atomic E-state index is 0.387. The minimum Gasteiger partial charge on any atom is -0.389 e. The molecule has 4 nitrogen and oxygen atoms in total. The normalized spacial score (nSPS) is 16.6. The van der Waals surface area contributed by atoms with Crippen molar-refractivity contribution in [3.05, 3.63) is 16.8 Å². The van der Waals surface area contributed by atoms with E-state index in [1.165, 1.54) is 11.5 Å². The van der Waals surface area contributed by atoms with Crippen LogP contribution in [0.15, 0.2) is 0 Å². The van der Waals surface area contributed by atoms with Crippen molar-refractivity contribution in [2.45, 2.75) is 32.7 Å². The Kier molecular flexibility index (Phi) is 4.40. The number of anilines is 1. The highest BCUT2D eigenvalue weighted by atomic mass is 32.2. The van der Waals surface area contributed by atoms with Gasteiger partial charge in [-0.1, -0.05) is 12.2 Å².